The van der Waals surface area contributed by atoms with E-state index < -0.39 is 0 Å². The van der Waals surface area contributed by atoms with Crippen LogP contribution in [0.1, 0.15) is 20.3 Å². The van der Waals surface area contributed by atoms with Gasteiger partial charge >= 0.3 is 0 Å². The monoisotopic (exact) mass is 230 g/mol. The minimum atomic E-state index is -0.0253. The van der Waals surface area contributed by atoms with Crippen molar-refractivity contribution in [3.63, 3.8) is 0 Å². The molecule has 0 bridgehead atoms. The van der Waals surface area contributed by atoms with Gasteiger partial charge in [-0.1, -0.05) is 0 Å². The van der Waals surface area contributed by atoms with E-state index >= 15 is 0 Å². The lowest BCUT2D eigenvalue weighted by Gasteiger charge is -2.37. The predicted molar refractivity (Wildman–Crippen MR) is 65.8 cm³/mol. The summed E-state index contributed by atoms with van der Waals surface area (Å²) in [6.45, 7) is 9.08. The molecule has 1 atom stereocenters. The summed E-state index contributed by atoms with van der Waals surface area (Å²) in [5.41, 5.74) is -0.0253. The summed E-state index contributed by atoms with van der Waals surface area (Å²) in [6.07, 6.45) is 1.06. The molecule has 16 heavy (non-hydrogen) atoms. The Morgan fingerprint density at radius 3 is 2.88 bits per heavy atom. The number of likely N-dealkylation sites (N-methyl/N-ethyl adjacent to an activating group) is 1. The van der Waals surface area contributed by atoms with Gasteiger partial charge in [-0.2, -0.15) is 0 Å². The van der Waals surface area contributed by atoms with E-state index in [2.05, 4.69) is 24.1 Å². The number of hydrogen-bond donors (Lipinski definition) is 1. The molecular formula is C12H26N2O2. The number of hydrogen-bond acceptors (Lipinski definition) is 4. The summed E-state index contributed by atoms with van der Waals surface area (Å²) in [5, 5.41) is 3.23. The highest BCUT2D eigenvalue weighted by Gasteiger charge is 2.25. The first-order chi connectivity index (χ1) is 7.59. The van der Waals surface area contributed by atoms with Crippen molar-refractivity contribution in [3.05, 3.63) is 0 Å². The van der Waals surface area contributed by atoms with Crippen LogP contribution in [0.5, 0.6) is 0 Å². The fraction of sp³-hybridized carbons (Fsp3) is 1.00. The maximum absolute atomic E-state index is 5.51. The fourth-order valence-corrected chi connectivity index (χ4v) is 1.92. The average Bonchev–Trinajstić information content (AvgIpc) is 2.28. The van der Waals surface area contributed by atoms with Crippen molar-refractivity contribution in [2.45, 2.75) is 31.9 Å². The van der Waals surface area contributed by atoms with Gasteiger partial charge in [-0.3, -0.25) is 4.90 Å². The maximum Gasteiger partial charge on any atom is 0.0634 e. The highest BCUT2D eigenvalue weighted by molar-refractivity contribution is 4.79. The summed E-state index contributed by atoms with van der Waals surface area (Å²) in [6, 6.07) is 0.506. The number of methoxy groups -OCH3 is 1. The lowest BCUT2D eigenvalue weighted by atomic mass is 10.0. The maximum atomic E-state index is 5.51. The highest BCUT2D eigenvalue weighted by atomic mass is 16.5. The SMILES string of the molecule is CNCC1COCCN1CCC(C)(C)OC. The van der Waals surface area contributed by atoms with Crippen LogP contribution in [0.15, 0.2) is 0 Å². The molecule has 1 aliphatic rings. The summed E-state index contributed by atoms with van der Waals surface area (Å²) in [4.78, 5) is 2.50. The molecule has 1 heterocycles. The minimum Gasteiger partial charge on any atom is -0.379 e. The fourth-order valence-electron chi connectivity index (χ4n) is 1.92. The molecule has 4 heteroatoms. The minimum absolute atomic E-state index is 0.0253. The average molecular weight is 230 g/mol. The molecule has 4 nitrogen and oxygen atoms in total. The molecule has 0 aromatic heterocycles. The highest BCUT2D eigenvalue weighted by Crippen LogP contribution is 2.16. The van der Waals surface area contributed by atoms with Gasteiger partial charge in [-0.15, -0.1) is 0 Å². The van der Waals surface area contributed by atoms with E-state index in [0.29, 0.717) is 6.04 Å². The number of morpholine rings is 1. The third-order valence-electron chi connectivity index (χ3n) is 3.34. The molecule has 0 aliphatic carbocycles. The Hall–Kier alpha value is -0.160. The van der Waals surface area contributed by atoms with Crippen molar-refractivity contribution in [3.8, 4) is 0 Å². The Labute approximate surface area is 99.3 Å². The van der Waals surface area contributed by atoms with Crippen molar-refractivity contribution >= 4 is 0 Å². The second kappa shape index (κ2) is 6.55. The molecular weight excluding hydrogens is 204 g/mol. The number of nitrogens with one attached hydrogen (secondary N) is 1. The van der Waals surface area contributed by atoms with Crippen molar-refractivity contribution in [2.75, 3.05) is 47.0 Å². The lowest BCUT2D eigenvalue weighted by Crippen LogP contribution is -2.51. The number of nitrogens with zero attached hydrogens (tertiary/aromatic N) is 1. The van der Waals surface area contributed by atoms with E-state index in [1.54, 1.807) is 7.11 Å². The Morgan fingerprint density at radius 1 is 1.50 bits per heavy atom. The van der Waals surface area contributed by atoms with Crippen molar-refractivity contribution in [1.29, 1.82) is 0 Å². The van der Waals surface area contributed by atoms with E-state index in [9.17, 15) is 0 Å². The molecule has 0 aromatic rings. The van der Waals surface area contributed by atoms with Crippen LogP contribution in [0.4, 0.5) is 0 Å². The lowest BCUT2D eigenvalue weighted by molar-refractivity contribution is -0.0312. The van der Waals surface area contributed by atoms with Gasteiger partial charge in [0.25, 0.3) is 0 Å². The van der Waals surface area contributed by atoms with Gasteiger partial charge in [0, 0.05) is 32.8 Å². The zero-order valence-electron chi connectivity index (χ0n) is 11.1. The largest absolute Gasteiger partial charge is 0.379 e. The van der Waals surface area contributed by atoms with E-state index in [-0.39, 0.29) is 5.60 Å². The number of ether oxygens (including phenoxy) is 2. The van der Waals surface area contributed by atoms with Crippen molar-refractivity contribution < 1.29 is 9.47 Å². The Bertz CT molecular complexity index is 195. The molecule has 0 saturated carbocycles. The van der Waals surface area contributed by atoms with Gasteiger partial charge < -0.3 is 14.8 Å². The third-order valence-corrected chi connectivity index (χ3v) is 3.34. The molecule has 1 rings (SSSR count). The van der Waals surface area contributed by atoms with E-state index in [1.165, 1.54) is 0 Å². The molecule has 1 N–H and O–H groups in total. The third kappa shape index (κ3) is 4.37. The molecule has 1 aliphatic heterocycles. The summed E-state index contributed by atoms with van der Waals surface area (Å²) >= 11 is 0. The first kappa shape index (κ1) is 13.9. The van der Waals surface area contributed by atoms with Gasteiger partial charge in [0.1, 0.15) is 0 Å². The number of rotatable bonds is 6. The smallest absolute Gasteiger partial charge is 0.0634 e. The summed E-state index contributed by atoms with van der Waals surface area (Å²) in [5.74, 6) is 0. The Balaban J connectivity index is 2.37. The molecule has 0 radical (unpaired) electrons. The van der Waals surface area contributed by atoms with Gasteiger partial charge in [0.05, 0.1) is 18.8 Å². The molecule has 1 saturated heterocycles. The van der Waals surface area contributed by atoms with Crippen LogP contribution in [-0.2, 0) is 9.47 Å². The van der Waals surface area contributed by atoms with Crippen LogP contribution in [0.25, 0.3) is 0 Å². The van der Waals surface area contributed by atoms with Crippen molar-refractivity contribution in [2.24, 2.45) is 0 Å². The Morgan fingerprint density at radius 2 is 2.25 bits per heavy atom. The first-order valence-electron chi connectivity index (χ1n) is 6.10. The molecule has 1 unspecified atom stereocenters. The zero-order chi connectivity index (χ0) is 12.0. The van der Waals surface area contributed by atoms with E-state index in [1.807, 2.05) is 7.05 Å². The van der Waals surface area contributed by atoms with Crippen LogP contribution >= 0.6 is 0 Å². The van der Waals surface area contributed by atoms with Crippen molar-refractivity contribution in [1.82, 2.24) is 10.2 Å². The zero-order valence-corrected chi connectivity index (χ0v) is 11.1. The van der Waals surface area contributed by atoms with Gasteiger partial charge in [-0.05, 0) is 27.3 Å². The molecule has 0 spiro atoms. The van der Waals surface area contributed by atoms with Crippen LogP contribution in [0.3, 0.4) is 0 Å². The van der Waals surface area contributed by atoms with Gasteiger partial charge in [0.2, 0.25) is 0 Å². The van der Waals surface area contributed by atoms with E-state index in [4.69, 9.17) is 9.47 Å². The van der Waals surface area contributed by atoms with Crippen LogP contribution in [-0.4, -0.2) is 63.5 Å². The Kier molecular flexibility index (Phi) is 5.69. The normalized spacial score (nSPS) is 23.6. The molecule has 0 amide bonds. The van der Waals surface area contributed by atoms with Crippen LogP contribution < -0.4 is 5.32 Å². The quantitative estimate of drug-likeness (QED) is 0.729. The topological polar surface area (TPSA) is 33.7 Å². The molecule has 96 valence electrons. The van der Waals surface area contributed by atoms with Gasteiger partial charge in [0.15, 0.2) is 0 Å². The second-order valence-corrected chi connectivity index (χ2v) is 5.04. The summed E-state index contributed by atoms with van der Waals surface area (Å²) in [7, 11) is 3.77. The van der Waals surface area contributed by atoms with Gasteiger partial charge in [-0.25, -0.2) is 0 Å². The first-order valence-corrected chi connectivity index (χ1v) is 6.10. The summed E-state index contributed by atoms with van der Waals surface area (Å²) < 4.78 is 11.0. The molecule has 0 aromatic carbocycles. The van der Waals surface area contributed by atoms with Crippen LogP contribution in [0.2, 0.25) is 0 Å². The standard InChI is InChI=1S/C12H26N2O2/c1-12(2,15-4)5-6-14-7-8-16-10-11(14)9-13-3/h11,13H,5-10H2,1-4H3. The predicted octanol–water partition coefficient (Wildman–Crippen LogP) is 0.722. The van der Waals surface area contributed by atoms with E-state index in [0.717, 1.165) is 39.3 Å². The second-order valence-electron chi connectivity index (χ2n) is 5.04. The van der Waals surface area contributed by atoms with Crippen LogP contribution in [0, 0.1) is 0 Å². The molecule has 1 fully saturated rings.